The minimum atomic E-state index is -0.148. The number of oxazole rings is 1. The van der Waals surface area contributed by atoms with Gasteiger partial charge in [0.15, 0.2) is 11.7 Å². The minimum Gasteiger partial charge on any atom is -0.449 e. The Morgan fingerprint density at radius 1 is 0.778 bits per heavy atom. The summed E-state index contributed by atoms with van der Waals surface area (Å²) in [6.45, 7) is 32.7. The SMILES string of the molecule is CC(C)c1ncco1.CC(C)c1ncn(C)n1.CC(C)c1nnco1.CC(C)c1nocc1CO.CC(C)n1nc[nH]c1=O.Cc1ccn(C(C)C)n1.Cc1cn(C)c(C(C)C)n1. The van der Waals surface area contributed by atoms with Gasteiger partial charge in [-0.3, -0.25) is 14.3 Å². The van der Waals surface area contributed by atoms with Gasteiger partial charge in [-0.05, 0) is 53.5 Å². The molecule has 0 aliphatic rings. The topological polar surface area (TPSA) is 228 Å². The Kier molecular flexibility index (Phi) is 25.0. The molecule has 0 amide bonds. The highest BCUT2D eigenvalue weighted by Crippen LogP contribution is 2.17. The zero-order chi connectivity index (χ0) is 47.8. The zero-order valence-corrected chi connectivity index (χ0v) is 40.8. The highest BCUT2D eigenvalue weighted by Gasteiger charge is 2.09. The van der Waals surface area contributed by atoms with Gasteiger partial charge in [0, 0.05) is 61.8 Å². The van der Waals surface area contributed by atoms with Crippen molar-refractivity contribution in [3.8, 4) is 0 Å². The van der Waals surface area contributed by atoms with Crippen LogP contribution in [-0.2, 0) is 20.7 Å². The maximum atomic E-state index is 10.7. The molecule has 7 heterocycles. The van der Waals surface area contributed by atoms with E-state index in [1.165, 1.54) is 23.7 Å². The molecule has 0 atom stereocenters. The number of hydrogen-bond acceptors (Lipinski definition) is 14. The first-order valence-corrected chi connectivity index (χ1v) is 21.3. The minimum absolute atomic E-state index is 0.0109. The van der Waals surface area contributed by atoms with Crippen LogP contribution in [0.25, 0.3) is 0 Å². The molecule has 7 rings (SSSR count). The van der Waals surface area contributed by atoms with Crippen LogP contribution in [-0.4, -0.2) is 74.3 Å². The summed E-state index contributed by atoms with van der Waals surface area (Å²) in [7, 11) is 3.91. The van der Waals surface area contributed by atoms with Crippen molar-refractivity contribution in [3.63, 3.8) is 0 Å². The molecule has 0 saturated heterocycles. The standard InChI is InChI=1S/C8H14N2.C7H12N2.C7H11NO2.C6H11N3.C6H9NO.C5H9N3O.C5H8N2O/c1-6(2)8-9-7(3)5-10(8)4;1-6(2)9-5-4-7(3)8-9;1-5(2)7-6(3-9)4-10-8-7;1-5(2)6-7-4-9(3)8-6;1-5(2)6-7-3-4-8-6;1-4(2)8-5(9)6-3-7-8;1-4(2)5-7-6-3-8-5/h5-6H,1-4H3;4-6H,1-3H3;4-5,9H,3H2,1-2H3;4-5H,1-3H3;3-5H,1-2H3;3-4H,1-2H3,(H,6,7,9);3-4H,1-2H3. The van der Waals surface area contributed by atoms with Gasteiger partial charge >= 0.3 is 5.69 Å². The average molecular weight is 879 g/mol. The summed E-state index contributed by atoms with van der Waals surface area (Å²) in [6, 6.07) is 2.64. The Bertz CT molecular complexity index is 2130. The van der Waals surface area contributed by atoms with Crippen molar-refractivity contribution >= 4 is 0 Å². The fourth-order valence-corrected chi connectivity index (χ4v) is 4.96. The maximum Gasteiger partial charge on any atom is 0.343 e. The Morgan fingerprint density at radius 3 is 1.70 bits per heavy atom. The maximum absolute atomic E-state index is 10.7. The van der Waals surface area contributed by atoms with E-state index in [4.69, 9.17) is 13.9 Å². The second-order valence-electron chi connectivity index (χ2n) is 16.6. The number of aromatic amines is 1. The molecule has 0 spiro atoms. The van der Waals surface area contributed by atoms with Gasteiger partial charge in [0.2, 0.25) is 12.3 Å². The third-order valence-electron chi connectivity index (χ3n) is 8.23. The number of aliphatic hydroxyl groups excluding tert-OH is 1. The second-order valence-corrected chi connectivity index (χ2v) is 16.6. The predicted octanol–water partition coefficient (Wildman–Crippen LogP) is 9.00. The number of aromatic nitrogens is 14. The summed E-state index contributed by atoms with van der Waals surface area (Å²) >= 11 is 0. The van der Waals surface area contributed by atoms with Crippen LogP contribution in [0.15, 0.2) is 74.4 Å². The van der Waals surface area contributed by atoms with E-state index in [2.05, 4.69) is 107 Å². The summed E-state index contributed by atoms with van der Waals surface area (Å²) in [5.41, 5.74) is 3.68. The summed E-state index contributed by atoms with van der Waals surface area (Å²) < 4.78 is 21.7. The lowest BCUT2D eigenvalue weighted by molar-refractivity contribution is 0.279. The normalized spacial score (nSPS) is 10.6. The Labute approximate surface area is 372 Å². The largest absolute Gasteiger partial charge is 0.449 e. The second kappa shape index (κ2) is 28.6. The van der Waals surface area contributed by atoms with E-state index in [9.17, 15) is 4.79 Å². The molecule has 0 aliphatic heterocycles. The molecule has 0 bridgehead atoms. The lowest BCUT2D eigenvalue weighted by atomic mass is 10.1. The molecule has 350 valence electrons. The number of rotatable bonds is 8. The fourth-order valence-electron chi connectivity index (χ4n) is 4.96. The first kappa shape index (κ1) is 55.0. The molecule has 0 radical (unpaired) electrons. The summed E-state index contributed by atoms with van der Waals surface area (Å²) in [6.07, 6.45) is 13.2. The molecule has 0 fully saturated rings. The zero-order valence-electron chi connectivity index (χ0n) is 40.8. The van der Waals surface area contributed by atoms with E-state index < -0.39 is 0 Å². The number of H-pyrrole nitrogens is 1. The number of nitrogens with zero attached hydrogens (tertiary/aromatic N) is 13. The van der Waals surface area contributed by atoms with Gasteiger partial charge in [-0.2, -0.15) is 15.3 Å². The van der Waals surface area contributed by atoms with E-state index in [-0.39, 0.29) is 18.3 Å². The van der Waals surface area contributed by atoms with Gasteiger partial charge in [-0.1, -0.05) is 74.4 Å². The van der Waals surface area contributed by atoms with Crippen molar-refractivity contribution < 1.29 is 18.5 Å². The molecule has 63 heavy (non-hydrogen) atoms. The third-order valence-corrected chi connectivity index (χ3v) is 8.23. The van der Waals surface area contributed by atoms with Crippen LogP contribution < -0.4 is 5.69 Å². The lowest BCUT2D eigenvalue weighted by Gasteiger charge is -2.02. The Hall–Kier alpha value is -5.98. The van der Waals surface area contributed by atoms with E-state index in [1.54, 1.807) is 23.5 Å². The molecular formula is C44H74N14O5. The fraction of sp³-hybridized carbons (Fsp3) is 0.591. The number of aliphatic hydroxyl groups is 1. The van der Waals surface area contributed by atoms with Crippen molar-refractivity contribution in [1.82, 2.24) is 69.2 Å². The summed E-state index contributed by atoms with van der Waals surface area (Å²) in [5.74, 6) is 5.62. The quantitative estimate of drug-likeness (QED) is 0.145. The number of imidazole rings is 1. The van der Waals surface area contributed by atoms with Crippen LogP contribution in [0.1, 0.15) is 185 Å². The summed E-state index contributed by atoms with van der Waals surface area (Å²) in [4.78, 5) is 25.5. The smallest absolute Gasteiger partial charge is 0.343 e. The number of hydrogen-bond donors (Lipinski definition) is 2. The molecule has 19 heteroatoms. The van der Waals surface area contributed by atoms with Gasteiger partial charge in [-0.25, -0.2) is 24.4 Å². The predicted molar refractivity (Wildman–Crippen MR) is 243 cm³/mol. The van der Waals surface area contributed by atoms with E-state index in [0.29, 0.717) is 41.5 Å². The molecule has 7 aromatic heterocycles. The third kappa shape index (κ3) is 21.1. The van der Waals surface area contributed by atoms with Gasteiger partial charge in [0.05, 0.1) is 35.9 Å². The van der Waals surface area contributed by atoms with Crippen molar-refractivity contribution in [1.29, 1.82) is 0 Å². The first-order valence-electron chi connectivity index (χ1n) is 21.3. The highest BCUT2D eigenvalue weighted by molar-refractivity contribution is 5.16. The first-order chi connectivity index (χ1) is 29.6. The van der Waals surface area contributed by atoms with Crippen LogP contribution >= 0.6 is 0 Å². The average Bonchev–Trinajstić information content (AvgIpc) is 4.07. The van der Waals surface area contributed by atoms with Gasteiger partial charge in [-0.15, -0.1) is 10.2 Å². The highest BCUT2D eigenvalue weighted by atomic mass is 16.5. The van der Waals surface area contributed by atoms with Crippen LogP contribution in [0.4, 0.5) is 0 Å². The molecule has 2 N–H and O–H groups in total. The van der Waals surface area contributed by atoms with Gasteiger partial charge in [0.1, 0.15) is 31.0 Å². The van der Waals surface area contributed by atoms with Crippen LogP contribution in [0.3, 0.4) is 0 Å². The molecule has 7 aromatic rings. The van der Waals surface area contributed by atoms with E-state index in [1.807, 2.05) is 100 Å². The van der Waals surface area contributed by atoms with Crippen molar-refractivity contribution in [3.05, 3.63) is 113 Å². The molecular weight excluding hydrogens is 805 g/mol. The number of aryl methyl sites for hydroxylation is 4. The summed E-state index contributed by atoms with van der Waals surface area (Å²) in [5, 5.41) is 31.8. The van der Waals surface area contributed by atoms with E-state index >= 15 is 0 Å². The monoisotopic (exact) mass is 879 g/mol. The van der Waals surface area contributed by atoms with Crippen molar-refractivity contribution in [2.45, 2.75) is 159 Å². The molecule has 0 saturated carbocycles. The van der Waals surface area contributed by atoms with Gasteiger partial charge in [0.25, 0.3) is 0 Å². The lowest BCUT2D eigenvalue weighted by Crippen LogP contribution is -2.19. The van der Waals surface area contributed by atoms with E-state index in [0.717, 1.165) is 40.2 Å². The van der Waals surface area contributed by atoms with Crippen molar-refractivity contribution in [2.75, 3.05) is 0 Å². The van der Waals surface area contributed by atoms with Gasteiger partial charge < -0.3 is 23.0 Å². The Morgan fingerprint density at radius 2 is 1.44 bits per heavy atom. The Balaban J connectivity index is 0.000000368. The molecule has 19 nitrogen and oxygen atoms in total. The van der Waals surface area contributed by atoms with Crippen molar-refractivity contribution in [2.24, 2.45) is 14.1 Å². The molecule has 0 aliphatic carbocycles. The number of nitrogens with one attached hydrogen (secondary N) is 1. The van der Waals surface area contributed by atoms with Crippen LogP contribution in [0.2, 0.25) is 0 Å². The molecule has 0 unspecified atom stereocenters. The van der Waals surface area contributed by atoms with Crippen LogP contribution in [0, 0.1) is 13.8 Å². The van der Waals surface area contributed by atoms with Crippen LogP contribution in [0.5, 0.6) is 0 Å². The molecule has 0 aromatic carbocycles.